The molecule has 0 aromatic carbocycles. The molecule has 2 aliphatic heterocycles. The fourth-order valence-corrected chi connectivity index (χ4v) is 3.84. The lowest BCUT2D eigenvalue weighted by Crippen LogP contribution is -2.51. The number of sulfone groups is 1. The lowest BCUT2D eigenvalue weighted by Gasteiger charge is -2.37. The van der Waals surface area contributed by atoms with E-state index in [2.05, 4.69) is 5.32 Å². The van der Waals surface area contributed by atoms with Crippen molar-refractivity contribution in [3.05, 3.63) is 0 Å². The largest absolute Gasteiger partial charge is 0.339 e. The lowest BCUT2D eigenvalue weighted by atomic mass is 9.98. The number of piperidine rings is 1. The number of rotatable bonds is 4. The zero-order chi connectivity index (χ0) is 13.3. The number of amides is 1. The van der Waals surface area contributed by atoms with Gasteiger partial charge >= 0.3 is 0 Å². The van der Waals surface area contributed by atoms with E-state index in [0.717, 1.165) is 19.1 Å². The van der Waals surface area contributed by atoms with Gasteiger partial charge in [0, 0.05) is 30.9 Å². The number of hydrogen-bond donors (Lipinski definition) is 1. The molecule has 0 aromatic rings. The molecule has 2 fully saturated rings. The van der Waals surface area contributed by atoms with Gasteiger partial charge in [-0.25, -0.2) is 8.42 Å². The Balaban J connectivity index is 2.02. The molecule has 2 saturated heterocycles. The second-order valence-electron chi connectivity index (χ2n) is 5.51. The van der Waals surface area contributed by atoms with Gasteiger partial charge in [-0.2, -0.15) is 0 Å². The summed E-state index contributed by atoms with van der Waals surface area (Å²) in [5, 5.41) is 3.53. The maximum absolute atomic E-state index is 12.0. The maximum atomic E-state index is 12.0. The number of carbonyl (C=O) groups excluding carboxylic acids is 1. The molecule has 2 bridgehead atoms. The molecule has 2 rings (SSSR count). The van der Waals surface area contributed by atoms with Crippen molar-refractivity contribution in [2.75, 3.05) is 18.6 Å². The van der Waals surface area contributed by atoms with E-state index in [1.165, 1.54) is 12.8 Å². The van der Waals surface area contributed by atoms with Crippen LogP contribution in [0, 0.1) is 0 Å². The Kier molecular flexibility index (Phi) is 3.96. The molecule has 6 heteroatoms. The third-order valence-electron chi connectivity index (χ3n) is 3.94. The quantitative estimate of drug-likeness (QED) is 0.793. The van der Waals surface area contributed by atoms with Crippen molar-refractivity contribution in [1.82, 2.24) is 10.2 Å². The van der Waals surface area contributed by atoms with E-state index in [9.17, 15) is 13.2 Å². The smallest absolute Gasteiger partial charge is 0.237 e. The topological polar surface area (TPSA) is 66.5 Å². The number of fused-ring (bicyclic) bond motifs is 2. The molecular formula is C12H22N2O3S. The third-order valence-corrected chi connectivity index (χ3v) is 4.71. The number of nitrogens with zero attached hydrogens (tertiary/aromatic N) is 1. The Morgan fingerprint density at radius 3 is 2.28 bits per heavy atom. The van der Waals surface area contributed by atoms with Crippen LogP contribution in [0.15, 0.2) is 0 Å². The van der Waals surface area contributed by atoms with E-state index in [4.69, 9.17) is 0 Å². The van der Waals surface area contributed by atoms with Crippen LogP contribution in [0.3, 0.4) is 0 Å². The predicted octanol–water partition coefficient (Wildman–Crippen LogP) is 0.163. The van der Waals surface area contributed by atoms with Crippen molar-refractivity contribution in [3.63, 3.8) is 0 Å². The van der Waals surface area contributed by atoms with Crippen LogP contribution in [-0.4, -0.2) is 55.9 Å². The first-order valence-electron chi connectivity index (χ1n) is 6.62. The molecule has 5 nitrogen and oxygen atoms in total. The number of nitrogens with one attached hydrogen (secondary N) is 1. The monoisotopic (exact) mass is 274 g/mol. The second kappa shape index (κ2) is 5.17. The van der Waals surface area contributed by atoms with Crippen LogP contribution in [0.1, 0.15) is 32.6 Å². The van der Waals surface area contributed by atoms with Gasteiger partial charge in [-0.1, -0.05) is 0 Å². The van der Waals surface area contributed by atoms with Gasteiger partial charge in [0.05, 0.1) is 0 Å². The van der Waals surface area contributed by atoms with E-state index in [1.807, 2.05) is 6.92 Å². The highest BCUT2D eigenvalue weighted by molar-refractivity contribution is 7.91. The van der Waals surface area contributed by atoms with Crippen molar-refractivity contribution in [2.45, 2.75) is 50.7 Å². The molecule has 0 aromatic heterocycles. The molecule has 0 aliphatic carbocycles. The fraction of sp³-hybridized carbons (Fsp3) is 0.917. The Hall–Kier alpha value is -0.620. The molecule has 1 N–H and O–H groups in total. The van der Waals surface area contributed by atoms with Gasteiger partial charge in [0.2, 0.25) is 5.91 Å². The SMILES string of the molecule is CCN(C(=O)CS(C)(=O)=O)C1CC2CCC(C1)N2. The van der Waals surface area contributed by atoms with Gasteiger partial charge in [-0.3, -0.25) is 4.79 Å². The van der Waals surface area contributed by atoms with Crippen LogP contribution >= 0.6 is 0 Å². The van der Waals surface area contributed by atoms with E-state index in [0.29, 0.717) is 18.6 Å². The summed E-state index contributed by atoms with van der Waals surface area (Å²) in [4.78, 5) is 13.8. The highest BCUT2D eigenvalue weighted by atomic mass is 32.2. The summed E-state index contributed by atoms with van der Waals surface area (Å²) in [6, 6.07) is 1.23. The van der Waals surface area contributed by atoms with E-state index < -0.39 is 9.84 Å². The first-order chi connectivity index (χ1) is 8.39. The van der Waals surface area contributed by atoms with Gasteiger partial charge in [0.15, 0.2) is 9.84 Å². The lowest BCUT2D eigenvalue weighted by molar-refractivity contribution is -0.131. The molecular weight excluding hydrogens is 252 g/mol. The summed E-state index contributed by atoms with van der Waals surface area (Å²) >= 11 is 0. The molecule has 0 radical (unpaired) electrons. The summed E-state index contributed by atoms with van der Waals surface area (Å²) < 4.78 is 22.5. The number of hydrogen-bond acceptors (Lipinski definition) is 4. The molecule has 0 spiro atoms. The minimum absolute atomic E-state index is 0.211. The first-order valence-corrected chi connectivity index (χ1v) is 8.68. The zero-order valence-electron chi connectivity index (χ0n) is 11.1. The van der Waals surface area contributed by atoms with Crippen molar-refractivity contribution >= 4 is 15.7 Å². The Morgan fingerprint density at radius 1 is 1.28 bits per heavy atom. The van der Waals surface area contributed by atoms with Gasteiger partial charge in [0.25, 0.3) is 0 Å². The molecule has 2 atom stereocenters. The molecule has 2 heterocycles. The highest BCUT2D eigenvalue weighted by Crippen LogP contribution is 2.29. The average molecular weight is 274 g/mol. The normalized spacial score (nSPS) is 31.3. The molecule has 0 saturated carbocycles. The van der Waals surface area contributed by atoms with E-state index in [1.54, 1.807) is 4.90 Å². The van der Waals surface area contributed by atoms with Crippen molar-refractivity contribution in [1.29, 1.82) is 0 Å². The molecule has 104 valence electrons. The van der Waals surface area contributed by atoms with Gasteiger partial charge in [0.1, 0.15) is 5.75 Å². The van der Waals surface area contributed by atoms with Gasteiger partial charge in [-0.05, 0) is 32.6 Å². The van der Waals surface area contributed by atoms with Crippen molar-refractivity contribution < 1.29 is 13.2 Å². The predicted molar refractivity (Wildman–Crippen MR) is 70.1 cm³/mol. The Labute approximate surface area is 109 Å². The van der Waals surface area contributed by atoms with Crippen LogP contribution < -0.4 is 5.32 Å². The standard InChI is InChI=1S/C12H22N2O3S/c1-3-14(12(15)8-18(2,16)17)11-6-9-4-5-10(7-11)13-9/h9-11,13H,3-8H2,1-2H3. The van der Waals surface area contributed by atoms with Gasteiger partial charge < -0.3 is 10.2 Å². The van der Waals surface area contributed by atoms with E-state index in [-0.39, 0.29) is 17.7 Å². The first kappa shape index (κ1) is 13.8. The molecule has 18 heavy (non-hydrogen) atoms. The summed E-state index contributed by atoms with van der Waals surface area (Å²) in [6.45, 7) is 2.52. The summed E-state index contributed by atoms with van der Waals surface area (Å²) in [7, 11) is -3.24. The van der Waals surface area contributed by atoms with Crippen LogP contribution in [0.4, 0.5) is 0 Å². The van der Waals surface area contributed by atoms with E-state index >= 15 is 0 Å². The Morgan fingerprint density at radius 2 is 1.83 bits per heavy atom. The maximum Gasteiger partial charge on any atom is 0.237 e. The van der Waals surface area contributed by atoms with Crippen LogP contribution in [0.5, 0.6) is 0 Å². The van der Waals surface area contributed by atoms with Crippen LogP contribution in [0.2, 0.25) is 0 Å². The summed E-state index contributed by atoms with van der Waals surface area (Å²) in [5.74, 6) is -0.605. The Bertz CT molecular complexity index is 409. The molecule has 2 aliphatic rings. The molecule has 2 unspecified atom stereocenters. The number of carbonyl (C=O) groups is 1. The average Bonchev–Trinajstić information content (AvgIpc) is 2.56. The minimum atomic E-state index is -3.24. The van der Waals surface area contributed by atoms with Crippen molar-refractivity contribution in [3.8, 4) is 0 Å². The zero-order valence-corrected chi connectivity index (χ0v) is 11.9. The highest BCUT2D eigenvalue weighted by Gasteiger charge is 2.37. The van der Waals surface area contributed by atoms with Crippen molar-refractivity contribution in [2.24, 2.45) is 0 Å². The fourth-order valence-electron chi connectivity index (χ4n) is 3.23. The van der Waals surface area contributed by atoms with Crippen LogP contribution in [0.25, 0.3) is 0 Å². The third kappa shape index (κ3) is 3.23. The second-order valence-corrected chi connectivity index (χ2v) is 7.65. The van der Waals surface area contributed by atoms with Crippen LogP contribution in [-0.2, 0) is 14.6 Å². The molecule has 1 amide bonds. The minimum Gasteiger partial charge on any atom is -0.339 e. The van der Waals surface area contributed by atoms with Gasteiger partial charge in [-0.15, -0.1) is 0 Å². The summed E-state index contributed by atoms with van der Waals surface area (Å²) in [5.41, 5.74) is 0. The summed E-state index contributed by atoms with van der Waals surface area (Å²) in [6.07, 6.45) is 5.39.